The molecule has 0 aliphatic heterocycles. The predicted molar refractivity (Wildman–Crippen MR) is 106 cm³/mol. The van der Waals surface area contributed by atoms with E-state index in [1.165, 1.54) is 19.4 Å². The van der Waals surface area contributed by atoms with Gasteiger partial charge in [0, 0.05) is 30.4 Å². The number of nitrogens with one attached hydrogen (secondary N) is 1. The van der Waals surface area contributed by atoms with Gasteiger partial charge in [-0.3, -0.25) is 9.48 Å². The number of amides is 1. The summed E-state index contributed by atoms with van der Waals surface area (Å²) in [6.07, 6.45) is -1.10. The van der Waals surface area contributed by atoms with Crippen molar-refractivity contribution < 1.29 is 26.7 Å². The van der Waals surface area contributed by atoms with Crippen molar-refractivity contribution in [3.05, 3.63) is 52.4 Å². The van der Waals surface area contributed by atoms with Gasteiger partial charge in [0.1, 0.15) is 5.69 Å². The van der Waals surface area contributed by atoms with E-state index in [1.807, 2.05) is 0 Å². The highest BCUT2D eigenvalue weighted by Crippen LogP contribution is 2.45. The van der Waals surface area contributed by atoms with E-state index < -0.39 is 17.8 Å². The fourth-order valence-electron chi connectivity index (χ4n) is 3.33. The average molecular weight is 474 g/mol. The number of halogens is 6. The summed E-state index contributed by atoms with van der Waals surface area (Å²) in [4.78, 5) is 12.4. The van der Waals surface area contributed by atoms with Gasteiger partial charge in [-0.1, -0.05) is 17.7 Å². The number of aryl methyl sites for hydroxylation is 1. The first-order valence-electron chi connectivity index (χ1n) is 9.54. The molecule has 2 aromatic heterocycles. The van der Waals surface area contributed by atoms with E-state index in [-0.39, 0.29) is 33.9 Å². The molecule has 0 atom stereocenters. The summed E-state index contributed by atoms with van der Waals surface area (Å²) in [5.74, 6) is -5.47. The molecule has 0 unspecified atom stereocenters. The zero-order valence-corrected chi connectivity index (χ0v) is 17.6. The Hall–Kier alpha value is -2.95. The van der Waals surface area contributed by atoms with Gasteiger partial charge in [-0.2, -0.15) is 32.1 Å². The van der Waals surface area contributed by atoms with E-state index >= 15 is 0 Å². The Morgan fingerprint density at radius 1 is 1.19 bits per heavy atom. The van der Waals surface area contributed by atoms with E-state index in [2.05, 4.69) is 15.5 Å². The largest absolute Gasteiger partial charge is 0.459 e. The van der Waals surface area contributed by atoms with Crippen molar-refractivity contribution in [2.45, 2.75) is 37.9 Å². The molecule has 6 nitrogen and oxygen atoms in total. The van der Waals surface area contributed by atoms with Gasteiger partial charge in [0.15, 0.2) is 5.82 Å². The molecule has 3 aromatic rings. The van der Waals surface area contributed by atoms with Crippen LogP contribution in [0.2, 0.25) is 5.02 Å². The van der Waals surface area contributed by atoms with Gasteiger partial charge < -0.3 is 5.32 Å². The van der Waals surface area contributed by atoms with E-state index in [1.54, 1.807) is 18.2 Å². The molecule has 1 aromatic carbocycles. The van der Waals surface area contributed by atoms with Crippen LogP contribution < -0.4 is 5.32 Å². The van der Waals surface area contributed by atoms with Crippen LogP contribution in [0.1, 0.15) is 34.5 Å². The molecule has 4 rings (SSSR count). The van der Waals surface area contributed by atoms with Gasteiger partial charge in [0.2, 0.25) is 0 Å². The van der Waals surface area contributed by atoms with Crippen LogP contribution in [0.3, 0.4) is 0 Å². The Bertz CT molecular complexity index is 1200. The molecule has 12 heteroatoms. The monoisotopic (exact) mass is 473 g/mol. The molecule has 1 N–H and O–H groups in total. The lowest BCUT2D eigenvalue weighted by Gasteiger charge is -2.17. The summed E-state index contributed by atoms with van der Waals surface area (Å²) in [6.45, 7) is 1.13. The predicted octanol–water partition coefficient (Wildman–Crippen LogP) is 4.78. The quantitative estimate of drug-likeness (QED) is 0.542. The Kier molecular flexibility index (Phi) is 5.27. The number of alkyl halides is 5. The lowest BCUT2D eigenvalue weighted by atomic mass is 10.1. The molecule has 0 radical (unpaired) electrons. The second-order valence-electron chi connectivity index (χ2n) is 7.61. The maximum Gasteiger partial charge on any atom is 0.459 e. The first-order chi connectivity index (χ1) is 14.9. The molecule has 1 fully saturated rings. The van der Waals surface area contributed by atoms with Crippen molar-refractivity contribution in [1.82, 2.24) is 24.9 Å². The van der Waals surface area contributed by atoms with Crippen LogP contribution in [-0.4, -0.2) is 37.7 Å². The SMILES string of the molecule is Cc1c(C(F)(F)C(F)(F)F)nn(C)c1-n1cc(-c2ccc(Cl)c(C(=O)NC3CC3)c2)cn1. The van der Waals surface area contributed by atoms with Gasteiger partial charge in [0.05, 0.1) is 16.8 Å². The zero-order valence-electron chi connectivity index (χ0n) is 16.8. The molecule has 2 heterocycles. The van der Waals surface area contributed by atoms with Gasteiger partial charge >= 0.3 is 12.1 Å². The third-order valence-corrected chi connectivity index (χ3v) is 5.49. The number of hydrogen-bond donors (Lipinski definition) is 1. The summed E-state index contributed by atoms with van der Waals surface area (Å²) in [5, 5.41) is 10.6. The Balaban J connectivity index is 1.69. The summed E-state index contributed by atoms with van der Waals surface area (Å²) in [7, 11) is 1.25. The van der Waals surface area contributed by atoms with Crippen molar-refractivity contribution in [2.24, 2.45) is 7.05 Å². The van der Waals surface area contributed by atoms with Crippen molar-refractivity contribution >= 4 is 17.5 Å². The third kappa shape index (κ3) is 3.85. The van der Waals surface area contributed by atoms with Crippen LogP contribution in [0.5, 0.6) is 0 Å². The summed E-state index contributed by atoms with van der Waals surface area (Å²) in [5.41, 5.74) is -0.392. The minimum absolute atomic E-state index is 0.0455. The lowest BCUT2D eigenvalue weighted by molar-refractivity contribution is -0.291. The van der Waals surface area contributed by atoms with Crippen LogP contribution in [0, 0.1) is 6.92 Å². The molecular formula is C20H17ClF5N5O. The van der Waals surface area contributed by atoms with Crippen LogP contribution in [0.15, 0.2) is 30.6 Å². The van der Waals surface area contributed by atoms with Crippen molar-refractivity contribution in [3.8, 4) is 16.9 Å². The molecule has 1 aliphatic carbocycles. The molecule has 170 valence electrons. The molecule has 0 spiro atoms. The maximum absolute atomic E-state index is 13.9. The smallest absolute Gasteiger partial charge is 0.349 e. The first-order valence-corrected chi connectivity index (χ1v) is 9.92. The molecule has 1 saturated carbocycles. The van der Waals surface area contributed by atoms with E-state index in [0.29, 0.717) is 11.1 Å². The van der Waals surface area contributed by atoms with Crippen molar-refractivity contribution in [3.63, 3.8) is 0 Å². The average Bonchev–Trinajstić information content (AvgIpc) is 3.28. The van der Waals surface area contributed by atoms with Crippen LogP contribution >= 0.6 is 11.6 Å². The highest BCUT2D eigenvalue weighted by molar-refractivity contribution is 6.34. The van der Waals surface area contributed by atoms with Crippen molar-refractivity contribution in [2.75, 3.05) is 0 Å². The van der Waals surface area contributed by atoms with E-state index in [9.17, 15) is 26.7 Å². The summed E-state index contributed by atoms with van der Waals surface area (Å²) in [6, 6.07) is 4.91. The molecule has 32 heavy (non-hydrogen) atoms. The van der Waals surface area contributed by atoms with Gasteiger partial charge in [0.25, 0.3) is 5.91 Å². The molecular weight excluding hydrogens is 457 g/mol. The summed E-state index contributed by atoms with van der Waals surface area (Å²) >= 11 is 6.15. The second kappa shape index (κ2) is 7.58. The number of benzene rings is 1. The molecule has 0 bridgehead atoms. The highest BCUT2D eigenvalue weighted by Gasteiger charge is 2.61. The topological polar surface area (TPSA) is 64.7 Å². The first kappa shape index (κ1) is 22.3. The lowest BCUT2D eigenvalue weighted by Crippen LogP contribution is -2.34. The standard InChI is InChI=1S/C20H17ClF5N5O/c1-10-16(19(22,23)20(24,25)26)29-30(2)18(10)31-9-12(8-27-31)11-3-6-15(21)14(7-11)17(32)28-13-4-5-13/h3,6-9,13H,4-5H2,1-2H3,(H,28,32). The van der Waals surface area contributed by atoms with Gasteiger partial charge in [-0.05, 0) is 37.5 Å². The molecule has 1 amide bonds. The van der Waals surface area contributed by atoms with Crippen LogP contribution in [0.4, 0.5) is 22.0 Å². The second-order valence-corrected chi connectivity index (χ2v) is 8.02. The number of carbonyl (C=O) groups excluding carboxylic acids is 1. The van der Waals surface area contributed by atoms with E-state index in [0.717, 1.165) is 29.1 Å². The highest BCUT2D eigenvalue weighted by atomic mass is 35.5. The Morgan fingerprint density at radius 2 is 1.88 bits per heavy atom. The summed E-state index contributed by atoms with van der Waals surface area (Å²) < 4.78 is 68.3. The minimum atomic E-state index is -5.78. The Labute approximate surface area is 184 Å². The fraction of sp³-hybridized carbons (Fsp3) is 0.350. The van der Waals surface area contributed by atoms with Gasteiger partial charge in [-0.15, -0.1) is 0 Å². The fourth-order valence-corrected chi connectivity index (χ4v) is 3.53. The number of carbonyl (C=O) groups is 1. The normalized spacial score (nSPS) is 14.6. The molecule has 1 aliphatic rings. The van der Waals surface area contributed by atoms with Crippen molar-refractivity contribution in [1.29, 1.82) is 0 Å². The zero-order chi connectivity index (χ0) is 23.4. The maximum atomic E-state index is 13.9. The van der Waals surface area contributed by atoms with Gasteiger partial charge in [-0.25, -0.2) is 4.68 Å². The van der Waals surface area contributed by atoms with Crippen LogP contribution in [0.25, 0.3) is 16.9 Å². The minimum Gasteiger partial charge on any atom is -0.349 e. The third-order valence-electron chi connectivity index (χ3n) is 5.16. The number of aromatic nitrogens is 4. The number of nitrogens with zero attached hydrogens (tertiary/aromatic N) is 4. The number of hydrogen-bond acceptors (Lipinski definition) is 3. The van der Waals surface area contributed by atoms with Crippen LogP contribution in [-0.2, 0) is 13.0 Å². The Morgan fingerprint density at radius 3 is 2.50 bits per heavy atom. The number of rotatable bonds is 5. The van der Waals surface area contributed by atoms with E-state index in [4.69, 9.17) is 11.6 Å². The molecule has 0 saturated heterocycles.